The molecule has 0 radical (unpaired) electrons. The Morgan fingerprint density at radius 3 is 2.80 bits per heavy atom. The lowest BCUT2D eigenvalue weighted by Gasteiger charge is -2.13. The molecule has 0 saturated heterocycles. The second kappa shape index (κ2) is 5.02. The molecular weight excluding hydrogens is 250 g/mol. The molecule has 1 unspecified atom stereocenters. The van der Waals surface area contributed by atoms with E-state index in [9.17, 15) is 0 Å². The van der Waals surface area contributed by atoms with Crippen LogP contribution in [0, 0.1) is 6.92 Å². The molecule has 0 amide bonds. The maximum atomic E-state index is 6.36. The van der Waals surface area contributed by atoms with E-state index >= 15 is 0 Å². The molecule has 20 heavy (non-hydrogen) atoms. The molecule has 0 spiro atoms. The first-order valence-electron chi connectivity index (χ1n) is 6.60. The summed E-state index contributed by atoms with van der Waals surface area (Å²) in [6.45, 7) is 1.98. The largest absolute Gasteiger partial charge is 0.324 e. The lowest BCUT2D eigenvalue weighted by Crippen LogP contribution is -2.16. The number of para-hydroxylation sites is 1. The van der Waals surface area contributed by atoms with Gasteiger partial charge in [0.2, 0.25) is 0 Å². The van der Waals surface area contributed by atoms with Gasteiger partial charge in [0.1, 0.15) is 0 Å². The van der Waals surface area contributed by atoms with E-state index in [0.717, 1.165) is 34.4 Å². The lowest BCUT2D eigenvalue weighted by molar-refractivity contribution is 0.641. The summed E-state index contributed by atoms with van der Waals surface area (Å²) in [7, 11) is 1.94. The summed E-state index contributed by atoms with van der Waals surface area (Å²) < 4.78 is 1.88. The van der Waals surface area contributed by atoms with Gasteiger partial charge in [0.15, 0.2) is 0 Å². The second-order valence-electron chi connectivity index (χ2n) is 4.98. The van der Waals surface area contributed by atoms with Crippen molar-refractivity contribution in [1.82, 2.24) is 19.7 Å². The van der Waals surface area contributed by atoms with Crippen LogP contribution in [-0.2, 0) is 13.5 Å². The van der Waals surface area contributed by atoms with Crippen molar-refractivity contribution in [2.45, 2.75) is 19.4 Å². The van der Waals surface area contributed by atoms with Crippen molar-refractivity contribution in [3.8, 4) is 0 Å². The van der Waals surface area contributed by atoms with E-state index in [1.165, 1.54) is 0 Å². The van der Waals surface area contributed by atoms with Gasteiger partial charge in [-0.05, 0) is 24.6 Å². The highest BCUT2D eigenvalue weighted by molar-refractivity contribution is 5.78. The zero-order valence-corrected chi connectivity index (χ0v) is 11.6. The smallest absolute Gasteiger partial charge is 0.0934 e. The number of aromatic nitrogens is 4. The predicted molar refractivity (Wildman–Crippen MR) is 78.1 cm³/mol. The van der Waals surface area contributed by atoms with Crippen LogP contribution in [-0.4, -0.2) is 19.7 Å². The number of hydrogen-bond acceptors (Lipinski definition) is 4. The van der Waals surface area contributed by atoms with Gasteiger partial charge in [-0.15, -0.1) is 0 Å². The third-order valence-corrected chi connectivity index (χ3v) is 3.46. The van der Waals surface area contributed by atoms with Gasteiger partial charge < -0.3 is 5.73 Å². The van der Waals surface area contributed by atoms with Gasteiger partial charge in [-0.1, -0.05) is 12.1 Å². The van der Waals surface area contributed by atoms with E-state index in [-0.39, 0.29) is 6.04 Å². The topological polar surface area (TPSA) is 69.6 Å². The summed E-state index contributed by atoms with van der Waals surface area (Å²) >= 11 is 0. The highest BCUT2D eigenvalue weighted by Gasteiger charge is 2.14. The zero-order valence-electron chi connectivity index (χ0n) is 11.6. The van der Waals surface area contributed by atoms with Crippen molar-refractivity contribution in [2.75, 3.05) is 0 Å². The maximum Gasteiger partial charge on any atom is 0.0934 e. The summed E-state index contributed by atoms with van der Waals surface area (Å²) in [5.74, 6) is 0. The Morgan fingerprint density at radius 1 is 1.25 bits per heavy atom. The van der Waals surface area contributed by atoms with Crippen LogP contribution in [0.25, 0.3) is 11.0 Å². The van der Waals surface area contributed by atoms with Crippen molar-refractivity contribution in [3.05, 3.63) is 53.6 Å². The Morgan fingerprint density at radius 2 is 2.05 bits per heavy atom. The average molecular weight is 267 g/mol. The molecule has 2 heterocycles. The highest BCUT2D eigenvalue weighted by Crippen LogP contribution is 2.22. The quantitative estimate of drug-likeness (QED) is 0.787. The van der Waals surface area contributed by atoms with Crippen LogP contribution < -0.4 is 5.73 Å². The third-order valence-electron chi connectivity index (χ3n) is 3.46. The Balaban J connectivity index is 1.96. The van der Waals surface area contributed by atoms with Crippen LogP contribution in [0.2, 0.25) is 0 Å². The van der Waals surface area contributed by atoms with Crippen LogP contribution in [0.3, 0.4) is 0 Å². The van der Waals surface area contributed by atoms with E-state index in [0.29, 0.717) is 0 Å². The molecule has 2 aromatic heterocycles. The van der Waals surface area contributed by atoms with Crippen molar-refractivity contribution >= 4 is 11.0 Å². The van der Waals surface area contributed by atoms with Crippen LogP contribution in [0.1, 0.15) is 23.0 Å². The monoisotopic (exact) mass is 267 g/mol. The van der Waals surface area contributed by atoms with Gasteiger partial charge >= 0.3 is 0 Å². The normalized spacial score (nSPS) is 12.8. The molecule has 0 aliphatic heterocycles. The summed E-state index contributed by atoms with van der Waals surface area (Å²) in [5, 5.41) is 4.35. The molecule has 5 heteroatoms. The first-order valence-corrected chi connectivity index (χ1v) is 6.60. The van der Waals surface area contributed by atoms with Crippen LogP contribution in [0.15, 0.2) is 36.7 Å². The Kier molecular flexibility index (Phi) is 3.20. The van der Waals surface area contributed by atoms with Crippen molar-refractivity contribution in [3.63, 3.8) is 0 Å². The molecule has 3 aromatic rings. The Labute approximate surface area is 117 Å². The van der Waals surface area contributed by atoms with Gasteiger partial charge in [-0.25, -0.2) is 0 Å². The van der Waals surface area contributed by atoms with E-state index in [1.54, 1.807) is 12.4 Å². The number of rotatable bonds is 3. The number of aryl methyl sites for hydroxylation is 2. The van der Waals surface area contributed by atoms with E-state index in [2.05, 4.69) is 21.1 Å². The fraction of sp³-hybridized carbons (Fsp3) is 0.267. The molecule has 0 aliphatic carbocycles. The second-order valence-corrected chi connectivity index (χ2v) is 4.98. The van der Waals surface area contributed by atoms with Gasteiger partial charge in [-0.2, -0.15) is 5.10 Å². The van der Waals surface area contributed by atoms with Gasteiger partial charge in [-0.3, -0.25) is 14.6 Å². The number of benzene rings is 1. The number of nitrogens with two attached hydrogens (primary N) is 1. The molecule has 102 valence electrons. The summed E-state index contributed by atoms with van der Waals surface area (Å²) in [6, 6.07) is 7.89. The first-order chi connectivity index (χ1) is 9.65. The van der Waals surface area contributed by atoms with Crippen LogP contribution in [0.4, 0.5) is 0 Å². The van der Waals surface area contributed by atoms with Gasteiger partial charge in [0.25, 0.3) is 0 Å². The summed E-state index contributed by atoms with van der Waals surface area (Å²) in [5.41, 5.74) is 11.3. The molecule has 1 aromatic carbocycles. The SMILES string of the molecule is Cc1cc(CC(N)c2cccc3nccnc23)n(C)n1. The number of fused-ring (bicyclic) bond motifs is 1. The molecular formula is C15H17N5. The number of nitrogens with zero attached hydrogens (tertiary/aromatic N) is 4. The minimum Gasteiger partial charge on any atom is -0.324 e. The lowest BCUT2D eigenvalue weighted by atomic mass is 10.0. The molecule has 0 bridgehead atoms. The first kappa shape index (κ1) is 12.7. The maximum absolute atomic E-state index is 6.36. The standard InChI is InChI=1S/C15H17N5/c1-10-8-11(20(2)19-10)9-13(16)12-4-3-5-14-15(12)18-7-6-17-14/h3-8,13H,9,16H2,1-2H3. The van der Waals surface area contributed by atoms with Gasteiger partial charge in [0.05, 0.1) is 16.7 Å². The Bertz CT molecular complexity index is 742. The Hall–Kier alpha value is -2.27. The average Bonchev–Trinajstić information content (AvgIpc) is 2.76. The molecule has 0 fully saturated rings. The molecule has 1 atom stereocenters. The zero-order chi connectivity index (χ0) is 14.1. The minimum absolute atomic E-state index is 0.120. The van der Waals surface area contributed by atoms with Crippen LogP contribution in [0.5, 0.6) is 0 Å². The fourth-order valence-electron chi connectivity index (χ4n) is 2.50. The fourth-order valence-corrected chi connectivity index (χ4v) is 2.50. The molecule has 2 N–H and O–H groups in total. The van der Waals surface area contributed by atoms with E-state index < -0.39 is 0 Å². The van der Waals surface area contributed by atoms with Crippen molar-refractivity contribution < 1.29 is 0 Å². The van der Waals surface area contributed by atoms with Crippen molar-refractivity contribution in [2.24, 2.45) is 12.8 Å². The molecule has 5 nitrogen and oxygen atoms in total. The number of hydrogen-bond donors (Lipinski definition) is 1. The summed E-state index contributed by atoms with van der Waals surface area (Å²) in [6.07, 6.45) is 4.13. The van der Waals surface area contributed by atoms with Gasteiger partial charge in [0, 0.05) is 37.6 Å². The van der Waals surface area contributed by atoms with Crippen molar-refractivity contribution in [1.29, 1.82) is 0 Å². The van der Waals surface area contributed by atoms with E-state index in [1.807, 2.05) is 36.9 Å². The highest BCUT2D eigenvalue weighted by atomic mass is 15.3. The minimum atomic E-state index is -0.120. The predicted octanol–water partition coefficient (Wildman–Crippen LogP) is 1.91. The molecule has 0 aliphatic rings. The van der Waals surface area contributed by atoms with Crippen LogP contribution >= 0.6 is 0 Å². The molecule has 3 rings (SSSR count). The van der Waals surface area contributed by atoms with E-state index in [4.69, 9.17) is 5.73 Å². The third kappa shape index (κ3) is 2.28. The summed E-state index contributed by atoms with van der Waals surface area (Å²) in [4.78, 5) is 8.72. The molecule has 0 saturated carbocycles.